The highest BCUT2D eigenvalue weighted by molar-refractivity contribution is 6.62. The number of ether oxygens (including phenoxy) is 1. The summed E-state index contributed by atoms with van der Waals surface area (Å²) < 4.78 is 12.6. The topological polar surface area (TPSA) is 135 Å². The van der Waals surface area contributed by atoms with Gasteiger partial charge in [-0.1, -0.05) is 6.07 Å². The van der Waals surface area contributed by atoms with Crippen LogP contribution in [-0.4, -0.2) is 41.0 Å². The van der Waals surface area contributed by atoms with Crippen LogP contribution in [0.4, 0.5) is 11.5 Å². The molecule has 1 unspecified atom stereocenters. The van der Waals surface area contributed by atoms with Gasteiger partial charge >= 0.3 is 7.12 Å². The lowest BCUT2D eigenvalue weighted by Gasteiger charge is -2.26. The fourth-order valence-electron chi connectivity index (χ4n) is 3.90. The molecule has 4 N–H and O–H groups in total. The monoisotopic (exact) mass is 395 g/mol. The molecule has 1 aromatic heterocycles. The first kappa shape index (κ1) is 19.5. The zero-order valence-electron chi connectivity index (χ0n) is 16.3. The number of carbonyl (C=O) groups is 1. The van der Waals surface area contributed by atoms with Crippen molar-refractivity contribution in [3.63, 3.8) is 0 Å². The van der Waals surface area contributed by atoms with E-state index in [2.05, 4.69) is 16.5 Å². The van der Waals surface area contributed by atoms with Crippen molar-refractivity contribution in [3.8, 4) is 6.07 Å². The summed E-state index contributed by atoms with van der Waals surface area (Å²) in [6.45, 7) is 4.65. The maximum absolute atomic E-state index is 12.0. The molecule has 1 amide bonds. The summed E-state index contributed by atoms with van der Waals surface area (Å²) in [5.41, 5.74) is 7.35. The Labute approximate surface area is 168 Å². The number of nitrogens with zero attached hydrogens (tertiary/aromatic N) is 3. The minimum atomic E-state index is -1.02. The van der Waals surface area contributed by atoms with Crippen molar-refractivity contribution in [2.75, 3.05) is 18.5 Å². The summed E-state index contributed by atoms with van der Waals surface area (Å²) in [5, 5.41) is 27.2. The molecule has 1 aromatic carbocycles. The number of anilines is 2. The second-order valence-electron chi connectivity index (χ2n) is 7.81. The summed E-state index contributed by atoms with van der Waals surface area (Å²) in [7, 11) is -1.02. The molecule has 1 fully saturated rings. The number of benzene rings is 1. The third-order valence-corrected chi connectivity index (χ3v) is 5.46. The van der Waals surface area contributed by atoms with E-state index in [1.54, 1.807) is 16.9 Å². The highest BCUT2D eigenvalue weighted by Crippen LogP contribution is 2.32. The van der Waals surface area contributed by atoms with E-state index >= 15 is 0 Å². The van der Waals surface area contributed by atoms with E-state index in [1.165, 1.54) is 0 Å². The normalized spacial score (nSPS) is 22.8. The van der Waals surface area contributed by atoms with E-state index in [4.69, 9.17) is 15.1 Å². The van der Waals surface area contributed by atoms with E-state index < -0.39 is 18.6 Å². The third-order valence-electron chi connectivity index (χ3n) is 5.46. The molecule has 2 atom stereocenters. The number of hydrogen-bond acceptors (Lipinski definition) is 7. The number of nitrogens with two attached hydrogens (primary N) is 1. The van der Waals surface area contributed by atoms with Crippen LogP contribution in [0.1, 0.15) is 42.2 Å². The summed E-state index contributed by atoms with van der Waals surface area (Å²) in [5.74, 6) is -0.603. The van der Waals surface area contributed by atoms with Gasteiger partial charge in [-0.15, -0.1) is 0 Å². The van der Waals surface area contributed by atoms with Crippen molar-refractivity contribution in [1.29, 1.82) is 5.26 Å². The van der Waals surface area contributed by atoms with Gasteiger partial charge in [0.15, 0.2) is 5.82 Å². The van der Waals surface area contributed by atoms with Gasteiger partial charge < -0.3 is 25.5 Å². The summed E-state index contributed by atoms with van der Waals surface area (Å²) in [6.07, 6.45) is 2.15. The second kappa shape index (κ2) is 7.19. The van der Waals surface area contributed by atoms with Crippen molar-refractivity contribution >= 4 is 30.0 Å². The Balaban J connectivity index is 1.66. The Morgan fingerprint density at radius 2 is 2.31 bits per heavy atom. The summed E-state index contributed by atoms with van der Waals surface area (Å²) >= 11 is 0. The van der Waals surface area contributed by atoms with E-state index in [0.29, 0.717) is 30.8 Å². The quantitative estimate of drug-likeness (QED) is 0.651. The average molecular weight is 395 g/mol. The average Bonchev–Trinajstić information content (AvgIpc) is 3.20. The Bertz CT molecular complexity index is 999. The van der Waals surface area contributed by atoms with Crippen molar-refractivity contribution in [2.24, 2.45) is 11.7 Å². The van der Waals surface area contributed by atoms with Gasteiger partial charge in [0.05, 0.1) is 30.2 Å². The van der Waals surface area contributed by atoms with E-state index in [-0.39, 0.29) is 23.3 Å². The molecule has 0 radical (unpaired) electrons. The SMILES string of the molecule is CC1(C)OB(O)c2cc(Nc3nn(C4COCC[C@H]4C#N)cc3C(N)=O)ccc21. The molecule has 150 valence electrons. The van der Waals surface area contributed by atoms with Gasteiger partial charge in [0.25, 0.3) is 5.91 Å². The van der Waals surface area contributed by atoms with Crippen LogP contribution in [-0.2, 0) is 15.0 Å². The number of aromatic nitrogens is 2. The van der Waals surface area contributed by atoms with Gasteiger partial charge in [-0.05, 0) is 43.4 Å². The lowest BCUT2D eigenvalue weighted by atomic mass is 9.78. The number of primary amides is 1. The van der Waals surface area contributed by atoms with Crippen LogP contribution in [0.15, 0.2) is 24.4 Å². The molecule has 9 nitrogen and oxygen atoms in total. The maximum Gasteiger partial charge on any atom is 0.492 e. The molecule has 0 aliphatic carbocycles. The van der Waals surface area contributed by atoms with Gasteiger partial charge in [0.1, 0.15) is 5.56 Å². The maximum atomic E-state index is 12.0. The number of nitrogens with one attached hydrogen (secondary N) is 1. The smallest absolute Gasteiger partial charge is 0.423 e. The lowest BCUT2D eigenvalue weighted by Crippen LogP contribution is -2.29. The van der Waals surface area contributed by atoms with Gasteiger partial charge in [-0.25, -0.2) is 0 Å². The number of rotatable bonds is 4. The summed E-state index contributed by atoms with van der Waals surface area (Å²) in [6, 6.07) is 7.45. The number of fused-ring (bicyclic) bond motifs is 1. The molecule has 29 heavy (non-hydrogen) atoms. The molecule has 0 bridgehead atoms. The molecule has 0 saturated carbocycles. The number of carbonyl (C=O) groups excluding carboxylic acids is 1. The van der Waals surface area contributed by atoms with Gasteiger partial charge in [-0.2, -0.15) is 10.4 Å². The fraction of sp³-hybridized carbons (Fsp3) is 0.421. The molecule has 10 heteroatoms. The largest absolute Gasteiger partial charge is 0.492 e. The number of hydrogen-bond donors (Lipinski definition) is 3. The minimum absolute atomic E-state index is 0.213. The van der Waals surface area contributed by atoms with Crippen LogP contribution in [0, 0.1) is 17.2 Å². The van der Waals surface area contributed by atoms with Crippen molar-refractivity contribution in [3.05, 3.63) is 35.5 Å². The zero-order valence-corrected chi connectivity index (χ0v) is 16.3. The molecular formula is C19H22BN5O4. The first-order chi connectivity index (χ1) is 13.8. The molecule has 1 saturated heterocycles. The first-order valence-electron chi connectivity index (χ1n) is 9.44. The number of amides is 1. The van der Waals surface area contributed by atoms with E-state index in [9.17, 15) is 15.1 Å². The van der Waals surface area contributed by atoms with E-state index in [1.807, 2.05) is 26.0 Å². The van der Waals surface area contributed by atoms with Gasteiger partial charge in [0, 0.05) is 18.5 Å². The lowest BCUT2D eigenvalue weighted by molar-refractivity contribution is 0.0342. The first-order valence-corrected chi connectivity index (χ1v) is 9.44. The molecule has 2 aromatic rings. The summed E-state index contributed by atoms with van der Waals surface area (Å²) in [4.78, 5) is 12.0. The van der Waals surface area contributed by atoms with Crippen LogP contribution in [0.5, 0.6) is 0 Å². The number of nitriles is 1. The fourth-order valence-corrected chi connectivity index (χ4v) is 3.90. The molecule has 2 aliphatic rings. The molecule has 2 aliphatic heterocycles. The van der Waals surface area contributed by atoms with Crippen molar-refractivity contribution in [2.45, 2.75) is 31.9 Å². The molecular weight excluding hydrogens is 373 g/mol. The van der Waals surface area contributed by atoms with Crippen LogP contribution < -0.4 is 16.5 Å². The minimum Gasteiger partial charge on any atom is -0.423 e. The highest BCUT2D eigenvalue weighted by atomic mass is 16.5. The molecule has 0 spiro atoms. The predicted molar refractivity (Wildman–Crippen MR) is 106 cm³/mol. The van der Waals surface area contributed by atoms with Crippen molar-refractivity contribution < 1.29 is 19.2 Å². The van der Waals surface area contributed by atoms with Crippen LogP contribution in [0.3, 0.4) is 0 Å². The Morgan fingerprint density at radius 3 is 3.03 bits per heavy atom. The van der Waals surface area contributed by atoms with Crippen LogP contribution in [0.2, 0.25) is 0 Å². The molecule has 3 heterocycles. The molecule has 4 rings (SSSR count). The standard InChI is InChI=1S/C19H22BN5O4/c1-19(2)14-4-3-12(7-15(14)20(27)29-19)23-18-13(17(22)26)9-25(24-18)16-10-28-6-5-11(16)8-21/h3-4,7,9,11,16,27H,5-6,10H2,1-2H3,(H2,22,26)(H,23,24)/t11-,16?/m0/s1. The Morgan fingerprint density at radius 1 is 1.52 bits per heavy atom. The Hall–Kier alpha value is -2.87. The zero-order chi connectivity index (χ0) is 20.8. The second-order valence-corrected chi connectivity index (χ2v) is 7.81. The Kier molecular flexibility index (Phi) is 4.82. The van der Waals surface area contributed by atoms with Crippen molar-refractivity contribution in [1.82, 2.24) is 9.78 Å². The highest BCUT2D eigenvalue weighted by Gasteiger charge is 2.40. The van der Waals surface area contributed by atoms with Gasteiger partial charge in [0.2, 0.25) is 0 Å². The third kappa shape index (κ3) is 3.48. The van der Waals surface area contributed by atoms with Crippen LogP contribution >= 0.6 is 0 Å². The van der Waals surface area contributed by atoms with Gasteiger partial charge in [-0.3, -0.25) is 9.48 Å². The predicted octanol–water partition coefficient (Wildman–Crippen LogP) is 0.780. The van der Waals surface area contributed by atoms with E-state index in [0.717, 1.165) is 5.56 Å². The van der Waals surface area contributed by atoms with Crippen LogP contribution in [0.25, 0.3) is 0 Å².